The normalized spacial score (nSPS) is 12.4. The quantitative estimate of drug-likeness (QED) is 0.833. The van der Waals surface area contributed by atoms with E-state index in [1.807, 2.05) is 6.07 Å². The van der Waals surface area contributed by atoms with E-state index in [9.17, 15) is 5.11 Å². The van der Waals surface area contributed by atoms with Crippen LogP contribution in [0.3, 0.4) is 0 Å². The molecule has 2 aromatic heterocycles. The van der Waals surface area contributed by atoms with Gasteiger partial charge in [0.25, 0.3) is 0 Å². The Labute approximate surface area is 98.9 Å². The summed E-state index contributed by atoms with van der Waals surface area (Å²) in [5.41, 5.74) is 1.61. The summed E-state index contributed by atoms with van der Waals surface area (Å²) >= 11 is 0. The average Bonchev–Trinajstić information content (AvgIpc) is 2.76. The van der Waals surface area contributed by atoms with Gasteiger partial charge in [-0.3, -0.25) is 0 Å². The zero-order valence-electron chi connectivity index (χ0n) is 9.74. The number of rotatable bonds is 4. The van der Waals surface area contributed by atoms with Gasteiger partial charge in [-0.25, -0.2) is 9.67 Å². The third-order valence-corrected chi connectivity index (χ3v) is 2.53. The van der Waals surface area contributed by atoms with Gasteiger partial charge in [-0.05, 0) is 5.56 Å². The minimum atomic E-state index is -0.634. The molecule has 0 amide bonds. The summed E-state index contributed by atoms with van der Waals surface area (Å²) < 4.78 is 6.52. The molecule has 0 aliphatic carbocycles. The van der Waals surface area contributed by atoms with E-state index in [1.54, 1.807) is 37.3 Å². The molecule has 2 aromatic rings. The topological polar surface area (TPSA) is 73.1 Å². The van der Waals surface area contributed by atoms with E-state index < -0.39 is 6.10 Å². The van der Waals surface area contributed by atoms with Crippen LogP contribution in [0.4, 0.5) is 0 Å². The first-order valence-electron chi connectivity index (χ1n) is 5.22. The maximum absolute atomic E-state index is 10.0. The van der Waals surface area contributed by atoms with Crippen LogP contribution in [0.15, 0.2) is 24.5 Å². The monoisotopic (exact) mass is 234 g/mol. The van der Waals surface area contributed by atoms with E-state index >= 15 is 0 Å². The van der Waals surface area contributed by atoms with Gasteiger partial charge in [0.15, 0.2) is 0 Å². The van der Waals surface area contributed by atoms with Crippen LogP contribution in [0, 0.1) is 0 Å². The lowest BCUT2D eigenvalue weighted by atomic mass is 10.1. The highest BCUT2D eigenvalue weighted by Gasteiger charge is 2.13. The molecular weight excluding hydrogens is 220 g/mol. The highest BCUT2D eigenvalue weighted by atomic mass is 16.5. The molecule has 1 atom stereocenters. The molecule has 0 radical (unpaired) electrons. The number of methoxy groups -OCH3 is 1. The van der Waals surface area contributed by atoms with Gasteiger partial charge in [-0.1, -0.05) is 11.3 Å². The summed E-state index contributed by atoms with van der Waals surface area (Å²) in [6.07, 6.45) is 3.08. The highest BCUT2D eigenvalue weighted by molar-refractivity contribution is 5.19. The van der Waals surface area contributed by atoms with E-state index in [0.717, 1.165) is 5.56 Å². The molecule has 0 fully saturated rings. The minimum absolute atomic E-state index is 0.470. The summed E-state index contributed by atoms with van der Waals surface area (Å²) in [6.45, 7) is 0. The third kappa shape index (κ3) is 2.59. The molecule has 0 aliphatic rings. The van der Waals surface area contributed by atoms with Gasteiger partial charge in [0.2, 0.25) is 5.88 Å². The van der Waals surface area contributed by atoms with Crippen LogP contribution in [-0.4, -0.2) is 32.2 Å². The van der Waals surface area contributed by atoms with E-state index in [2.05, 4.69) is 15.3 Å². The van der Waals surface area contributed by atoms with Crippen LogP contribution in [0.1, 0.15) is 17.4 Å². The number of aryl methyl sites for hydroxylation is 1. The zero-order chi connectivity index (χ0) is 12.3. The van der Waals surface area contributed by atoms with Gasteiger partial charge < -0.3 is 9.84 Å². The largest absolute Gasteiger partial charge is 0.481 e. The van der Waals surface area contributed by atoms with Crippen LogP contribution in [-0.2, 0) is 13.5 Å². The van der Waals surface area contributed by atoms with Crippen molar-refractivity contribution < 1.29 is 9.84 Å². The number of pyridine rings is 1. The Morgan fingerprint density at radius 2 is 2.24 bits per heavy atom. The van der Waals surface area contributed by atoms with Gasteiger partial charge in [0.1, 0.15) is 6.10 Å². The lowest BCUT2D eigenvalue weighted by molar-refractivity contribution is 0.168. The number of nitrogens with zero attached hydrogens (tertiary/aromatic N) is 4. The molecule has 90 valence electrons. The summed E-state index contributed by atoms with van der Waals surface area (Å²) in [7, 11) is 3.32. The van der Waals surface area contributed by atoms with Crippen LogP contribution >= 0.6 is 0 Å². The molecule has 17 heavy (non-hydrogen) atoms. The minimum Gasteiger partial charge on any atom is -0.481 e. The zero-order valence-corrected chi connectivity index (χ0v) is 9.74. The molecule has 1 unspecified atom stereocenters. The van der Waals surface area contributed by atoms with Crippen molar-refractivity contribution in [3.8, 4) is 5.88 Å². The molecule has 0 saturated carbocycles. The Balaban J connectivity index is 2.07. The summed E-state index contributed by atoms with van der Waals surface area (Å²) in [6, 6.07) is 3.64. The Morgan fingerprint density at radius 3 is 2.76 bits per heavy atom. The van der Waals surface area contributed by atoms with Crippen molar-refractivity contribution in [1.29, 1.82) is 0 Å². The smallest absolute Gasteiger partial charge is 0.212 e. The van der Waals surface area contributed by atoms with Gasteiger partial charge in [0, 0.05) is 25.7 Å². The van der Waals surface area contributed by atoms with Gasteiger partial charge >= 0.3 is 0 Å². The molecule has 0 bridgehead atoms. The SMILES string of the molecule is COc1ccc(CC(O)c2cnnn2C)cn1. The Morgan fingerprint density at radius 1 is 1.41 bits per heavy atom. The summed E-state index contributed by atoms with van der Waals surface area (Å²) in [5.74, 6) is 0.561. The lowest BCUT2D eigenvalue weighted by Gasteiger charge is -2.10. The molecule has 1 N–H and O–H groups in total. The molecular formula is C11H14N4O2. The maximum atomic E-state index is 10.0. The van der Waals surface area contributed by atoms with Crippen molar-refractivity contribution >= 4 is 0 Å². The highest BCUT2D eigenvalue weighted by Crippen LogP contribution is 2.17. The predicted molar refractivity (Wildman–Crippen MR) is 60.5 cm³/mol. The van der Waals surface area contributed by atoms with Crippen molar-refractivity contribution in [2.45, 2.75) is 12.5 Å². The fourth-order valence-electron chi connectivity index (χ4n) is 1.58. The molecule has 6 nitrogen and oxygen atoms in total. The predicted octanol–water partition coefficient (Wildman–Crippen LogP) is 0.495. The fraction of sp³-hybridized carbons (Fsp3) is 0.364. The Hall–Kier alpha value is -1.95. The first-order valence-corrected chi connectivity index (χ1v) is 5.22. The van der Waals surface area contributed by atoms with E-state index in [4.69, 9.17) is 4.74 Å². The van der Waals surface area contributed by atoms with Gasteiger partial charge in [-0.15, -0.1) is 5.10 Å². The van der Waals surface area contributed by atoms with Gasteiger partial charge in [-0.2, -0.15) is 0 Å². The van der Waals surface area contributed by atoms with E-state index in [-0.39, 0.29) is 0 Å². The first-order chi connectivity index (χ1) is 8.20. The number of aromatic nitrogens is 4. The van der Waals surface area contributed by atoms with E-state index in [1.165, 1.54) is 0 Å². The summed E-state index contributed by atoms with van der Waals surface area (Å²) in [5, 5.41) is 17.5. The van der Waals surface area contributed by atoms with Crippen molar-refractivity contribution in [3.05, 3.63) is 35.8 Å². The van der Waals surface area contributed by atoms with Crippen molar-refractivity contribution in [3.63, 3.8) is 0 Å². The van der Waals surface area contributed by atoms with E-state index in [0.29, 0.717) is 18.0 Å². The molecule has 0 aromatic carbocycles. The van der Waals surface area contributed by atoms with Crippen molar-refractivity contribution in [2.24, 2.45) is 7.05 Å². The van der Waals surface area contributed by atoms with Crippen molar-refractivity contribution in [1.82, 2.24) is 20.0 Å². The summed E-state index contributed by atoms with van der Waals surface area (Å²) in [4.78, 5) is 4.08. The molecule has 2 rings (SSSR count). The maximum Gasteiger partial charge on any atom is 0.212 e. The number of ether oxygens (including phenoxy) is 1. The molecule has 6 heteroatoms. The second-order valence-electron chi connectivity index (χ2n) is 3.71. The first kappa shape index (κ1) is 11.5. The van der Waals surface area contributed by atoms with Crippen molar-refractivity contribution in [2.75, 3.05) is 7.11 Å². The molecule has 2 heterocycles. The number of hydrogen-bond donors (Lipinski definition) is 1. The number of aliphatic hydroxyl groups excluding tert-OH is 1. The standard InChI is InChI=1S/C11H14N4O2/c1-15-9(7-13-14-15)10(16)5-8-3-4-11(17-2)12-6-8/h3-4,6-7,10,16H,5H2,1-2H3. The van der Waals surface area contributed by atoms with Crippen LogP contribution < -0.4 is 4.74 Å². The second kappa shape index (κ2) is 4.92. The molecule has 0 aliphatic heterocycles. The average molecular weight is 234 g/mol. The Kier molecular flexibility index (Phi) is 3.34. The second-order valence-corrected chi connectivity index (χ2v) is 3.71. The lowest BCUT2D eigenvalue weighted by Crippen LogP contribution is -2.08. The van der Waals surface area contributed by atoms with Gasteiger partial charge in [0.05, 0.1) is 19.0 Å². The van der Waals surface area contributed by atoms with Crippen LogP contribution in [0.2, 0.25) is 0 Å². The molecule has 0 spiro atoms. The fourth-order valence-corrected chi connectivity index (χ4v) is 1.58. The number of hydrogen-bond acceptors (Lipinski definition) is 5. The number of aliphatic hydroxyl groups is 1. The third-order valence-electron chi connectivity index (χ3n) is 2.53. The van der Waals surface area contributed by atoms with Crippen LogP contribution in [0.25, 0.3) is 0 Å². The Bertz CT molecular complexity index is 480. The molecule has 0 saturated heterocycles. The van der Waals surface area contributed by atoms with Crippen LogP contribution in [0.5, 0.6) is 5.88 Å².